The smallest absolute Gasteiger partial charge is 0.269 e. The molecule has 136 valence electrons. The van der Waals surface area contributed by atoms with Crippen LogP contribution in [-0.2, 0) is 17.9 Å². The molecule has 3 rings (SSSR count). The summed E-state index contributed by atoms with van der Waals surface area (Å²) in [6.07, 6.45) is 1.63. The van der Waals surface area contributed by atoms with E-state index in [9.17, 15) is 14.9 Å². The summed E-state index contributed by atoms with van der Waals surface area (Å²) in [6.45, 7) is 2.89. The fourth-order valence-electron chi connectivity index (χ4n) is 3.31. The number of piperidine rings is 1. The quantitative estimate of drug-likeness (QED) is 0.639. The van der Waals surface area contributed by atoms with Gasteiger partial charge in [0.2, 0.25) is 5.91 Å². The molecule has 0 atom stereocenters. The number of nitro benzene ring substituents is 1. The fourth-order valence-corrected chi connectivity index (χ4v) is 3.31. The molecule has 0 radical (unpaired) electrons. The number of carbonyl (C=O) groups excluding carboxylic acids is 1. The van der Waals surface area contributed by atoms with Gasteiger partial charge in [-0.15, -0.1) is 0 Å². The van der Waals surface area contributed by atoms with E-state index in [2.05, 4.69) is 10.2 Å². The molecule has 6 heteroatoms. The van der Waals surface area contributed by atoms with Gasteiger partial charge in [-0.05, 0) is 37.1 Å². The van der Waals surface area contributed by atoms with Gasteiger partial charge >= 0.3 is 0 Å². The second-order valence-corrected chi connectivity index (χ2v) is 6.68. The maximum atomic E-state index is 12.4. The molecule has 0 aliphatic carbocycles. The molecule has 6 nitrogen and oxygen atoms in total. The molecule has 0 saturated carbocycles. The highest BCUT2D eigenvalue weighted by Gasteiger charge is 2.25. The van der Waals surface area contributed by atoms with Crippen LogP contribution in [0.2, 0.25) is 0 Å². The molecular formula is C20H23N3O3. The zero-order chi connectivity index (χ0) is 18.4. The van der Waals surface area contributed by atoms with Crippen molar-refractivity contribution in [2.45, 2.75) is 25.9 Å². The first-order chi connectivity index (χ1) is 12.6. The Labute approximate surface area is 153 Å². The lowest BCUT2D eigenvalue weighted by molar-refractivity contribution is -0.384. The highest BCUT2D eigenvalue weighted by molar-refractivity contribution is 5.78. The minimum Gasteiger partial charge on any atom is -0.352 e. The average Bonchev–Trinajstić information content (AvgIpc) is 2.68. The summed E-state index contributed by atoms with van der Waals surface area (Å²) >= 11 is 0. The number of non-ortho nitro benzene ring substituents is 1. The van der Waals surface area contributed by atoms with Crippen molar-refractivity contribution in [2.24, 2.45) is 5.92 Å². The van der Waals surface area contributed by atoms with E-state index in [1.165, 1.54) is 6.07 Å². The number of nitrogens with zero attached hydrogens (tertiary/aromatic N) is 2. The Morgan fingerprint density at radius 1 is 1.08 bits per heavy atom. The molecule has 0 aromatic heterocycles. The van der Waals surface area contributed by atoms with Gasteiger partial charge < -0.3 is 5.32 Å². The average molecular weight is 353 g/mol. The van der Waals surface area contributed by atoms with Crippen molar-refractivity contribution in [3.8, 4) is 0 Å². The molecule has 26 heavy (non-hydrogen) atoms. The van der Waals surface area contributed by atoms with Gasteiger partial charge in [0.15, 0.2) is 0 Å². The van der Waals surface area contributed by atoms with E-state index in [1.54, 1.807) is 12.1 Å². The summed E-state index contributed by atoms with van der Waals surface area (Å²) in [4.78, 5) is 25.1. The normalized spacial score (nSPS) is 15.5. The minimum atomic E-state index is -0.368. The maximum Gasteiger partial charge on any atom is 0.269 e. The van der Waals surface area contributed by atoms with Crippen LogP contribution in [-0.4, -0.2) is 28.8 Å². The Kier molecular flexibility index (Phi) is 5.96. The first-order valence-electron chi connectivity index (χ1n) is 8.89. The Balaban J connectivity index is 1.46. The van der Waals surface area contributed by atoms with Crippen molar-refractivity contribution in [3.05, 3.63) is 75.8 Å². The van der Waals surface area contributed by atoms with Crippen LogP contribution in [0.4, 0.5) is 5.69 Å². The third-order valence-corrected chi connectivity index (χ3v) is 4.80. The summed E-state index contributed by atoms with van der Waals surface area (Å²) < 4.78 is 0. The van der Waals surface area contributed by atoms with Crippen LogP contribution in [0.3, 0.4) is 0 Å². The van der Waals surface area contributed by atoms with Gasteiger partial charge in [-0.1, -0.05) is 42.5 Å². The molecule has 1 fully saturated rings. The van der Waals surface area contributed by atoms with Crippen LogP contribution in [0.15, 0.2) is 54.6 Å². The lowest BCUT2D eigenvalue weighted by Gasteiger charge is -2.31. The maximum absolute atomic E-state index is 12.4. The summed E-state index contributed by atoms with van der Waals surface area (Å²) in [6, 6.07) is 16.7. The van der Waals surface area contributed by atoms with E-state index < -0.39 is 0 Å². The number of carbonyl (C=O) groups is 1. The van der Waals surface area contributed by atoms with Crippen LogP contribution >= 0.6 is 0 Å². The van der Waals surface area contributed by atoms with Crippen molar-refractivity contribution in [2.75, 3.05) is 13.1 Å². The van der Waals surface area contributed by atoms with Gasteiger partial charge in [0.1, 0.15) is 0 Å². The molecule has 1 heterocycles. The standard InChI is InChI=1S/C20H23N3O3/c24-20(21-14-16-5-2-1-3-6-16)18-9-11-22(12-10-18)15-17-7-4-8-19(13-17)23(25)26/h1-8,13,18H,9-12,14-15H2,(H,21,24). The van der Waals surface area contributed by atoms with Crippen molar-refractivity contribution in [1.29, 1.82) is 0 Å². The topological polar surface area (TPSA) is 75.5 Å². The number of nitro groups is 1. The Hall–Kier alpha value is -2.73. The largest absolute Gasteiger partial charge is 0.352 e. The molecule has 0 unspecified atom stereocenters. The summed E-state index contributed by atoms with van der Waals surface area (Å²) in [7, 11) is 0. The van der Waals surface area contributed by atoms with E-state index in [0.29, 0.717) is 13.1 Å². The molecule has 1 aliphatic rings. The Morgan fingerprint density at radius 3 is 2.46 bits per heavy atom. The van der Waals surface area contributed by atoms with Gasteiger partial charge in [-0.25, -0.2) is 0 Å². The third-order valence-electron chi connectivity index (χ3n) is 4.80. The van der Waals surface area contributed by atoms with E-state index in [0.717, 1.165) is 37.1 Å². The Morgan fingerprint density at radius 2 is 1.77 bits per heavy atom. The monoisotopic (exact) mass is 353 g/mol. The Bertz CT molecular complexity index is 756. The summed E-state index contributed by atoms with van der Waals surface area (Å²) in [5, 5.41) is 13.9. The summed E-state index contributed by atoms with van der Waals surface area (Å²) in [5.41, 5.74) is 2.16. The van der Waals surface area contributed by atoms with E-state index >= 15 is 0 Å². The van der Waals surface area contributed by atoms with Crippen molar-refractivity contribution in [1.82, 2.24) is 10.2 Å². The zero-order valence-corrected chi connectivity index (χ0v) is 14.6. The van der Waals surface area contributed by atoms with Crippen LogP contribution in [0.1, 0.15) is 24.0 Å². The molecule has 1 saturated heterocycles. The minimum absolute atomic E-state index is 0.0417. The van der Waals surface area contributed by atoms with E-state index in [1.807, 2.05) is 36.4 Å². The van der Waals surface area contributed by atoms with Gasteiger partial charge in [0.05, 0.1) is 4.92 Å². The number of likely N-dealkylation sites (tertiary alicyclic amines) is 1. The van der Waals surface area contributed by atoms with Crippen LogP contribution < -0.4 is 5.32 Å². The van der Waals surface area contributed by atoms with Crippen molar-refractivity contribution in [3.63, 3.8) is 0 Å². The molecule has 0 spiro atoms. The fraction of sp³-hybridized carbons (Fsp3) is 0.350. The van der Waals surface area contributed by atoms with Crippen LogP contribution in [0.5, 0.6) is 0 Å². The predicted octanol–water partition coefficient (Wildman–Crippen LogP) is 3.12. The van der Waals surface area contributed by atoms with Crippen molar-refractivity contribution >= 4 is 11.6 Å². The highest BCUT2D eigenvalue weighted by atomic mass is 16.6. The third kappa shape index (κ3) is 4.89. The molecule has 2 aromatic rings. The number of amides is 1. The molecule has 2 aromatic carbocycles. The summed E-state index contributed by atoms with van der Waals surface area (Å²) in [5.74, 6) is 0.156. The van der Waals surface area contributed by atoms with Crippen LogP contribution in [0, 0.1) is 16.0 Å². The molecule has 0 bridgehead atoms. The number of benzene rings is 2. The van der Waals surface area contributed by atoms with E-state index in [-0.39, 0.29) is 22.4 Å². The van der Waals surface area contributed by atoms with Gasteiger partial charge in [-0.3, -0.25) is 19.8 Å². The second-order valence-electron chi connectivity index (χ2n) is 6.68. The van der Waals surface area contributed by atoms with Crippen molar-refractivity contribution < 1.29 is 9.72 Å². The lowest BCUT2D eigenvalue weighted by atomic mass is 9.95. The van der Waals surface area contributed by atoms with Gasteiger partial charge in [-0.2, -0.15) is 0 Å². The number of nitrogens with one attached hydrogen (secondary N) is 1. The molecule has 1 aliphatic heterocycles. The van der Waals surface area contributed by atoms with E-state index in [4.69, 9.17) is 0 Å². The zero-order valence-electron chi connectivity index (χ0n) is 14.6. The lowest BCUT2D eigenvalue weighted by Crippen LogP contribution is -2.40. The van der Waals surface area contributed by atoms with Crippen LogP contribution in [0.25, 0.3) is 0 Å². The number of hydrogen-bond donors (Lipinski definition) is 1. The predicted molar refractivity (Wildman–Crippen MR) is 99.4 cm³/mol. The molecule has 1 N–H and O–H groups in total. The first-order valence-corrected chi connectivity index (χ1v) is 8.89. The number of rotatable bonds is 6. The molecular weight excluding hydrogens is 330 g/mol. The van der Waals surface area contributed by atoms with Gasteiger partial charge in [0.25, 0.3) is 5.69 Å². The number of hydrogen-bond acceptors (Lipinski definition) is 4. The molecule has 1 amide bonds. The van der Waals surface area contributed by atoms with Gasteiger partial charge in [0, 0.05) is 31.1 Å². The SMILES string of the molecule is O=C(NCc1ccccc1)C1CCN(Cc2cccc([N+](=O)[O-])c2)CC1. The second kappa shape index (κ2) is 8.58. The first kappa shape index (κ1) is 18.1. The highest BCUT2D eigenvalue weighted by Crippen LogP contribution is 2.21.